The Morgan fingerprint density at radius 3 is 2.55 bits per heavy atom. The lowest BCUT2D eigenvalue weighted by Gasteiger charge is -2.32. The molecule has 1 atom stereocenters. The maximum Gasteiger partial charge on any atom is 0.265 e. The van der Waals surface area contributed by atoms with E-state index in [1.807, 2.05) is 6.92 Å². The van der Waals surface area contributed by atoms with Crippen LogP contribution in [0.1, 0.15) is 46.6 Å². The largest absolute Gasteiger partial charge is 0.442 e. The molecular weight excluding hydrogens is 428 g/mol. The van der Waals surface area contributed by atoms with Gasteiger partial charge in [0.1, 0.15) is 29.1 Å². The van der Waals surface area contributed by atoms with Crippen molar-refractivity contribution in [2.75, 3.05) is 0 Å². The molecule has 6 nitrogen and oxygen atoms in total. The third-order valence-corrected chi connectivity index (χ3v) is 5.68. The van der Waals surface area contributed by atoms with Crippen LogP contribution in [0, 0.1) is 18.6 Å². The second kappa shape index (κ2) is 8.97. The van der Waals surface area contributed by atoms with Crippen LogP contribution in [0.4, 0.5) is 8.78 Å². The summed E-state index contributed by atoms with van der Waals surface area (Å²) in [4.78, 5) is 32.5. The molecule has 0 fully saturated rings. The summed E-state index contributed by atoms with van der Waals surface area (Å²) in [7, 11) is 1.54. The maximum absolute atomic E-state index is 14.0. The van der Waals surface area contributed by atoms with Gasteiger partial charge in [-0.1, -0.05) is 31.2 Å². The molecule has 1 unspecified atom stereocenters. The number of aromatic nitrogens is 2. The molecule has 0 spiro atoms. The molecule has 8 heteroatoms. The molecule has 0 radical (unpaired) electrons. The first kappa shape index (κ1) is 22.4. The van der Waals surface area contributed by atoms with Crippen LogP contribution >= 0.6 is 0 Å². The lowest BCUT2D eigenvalue weighted by atomic mass is 10.00. The fourth-order valence-electron chi connectivity index (χ4n) is 4.06. The molecule has 33 heavy (non-hydrogen) atoms. The van der Waals surface area contributed by atoms with Gasteiger partial charge in [-0.3, -0.25) is 9.59 Å². The first-order valence-corrected chi connectivity index (χ1v) is 10.6. The van der Waals surface area contributed by atoms with Crippen molar-refractivity contribution in [3.63, 3.8) is 0 Å². The Hall–Kier alpha value is -3.81. The van der Waals surface area contributed by atoms with Crippen molar-refractivity contribution < 1.29 is 18.0 Å². The number of aryl methyl sites for hydroxylation is 2. The summed E-state index contributed by atoms with van der Waals surface area (Å²) in [5, 5.41) is 0.0979. The molecule has 170 valence electrons. The van der Waals surface area contributed by atoms with Gasteiger partial charge in [-0.2, -0.15) is 0 Å². The Labute approximate surface area is 189 Å². The monoisotopic (exact) mass is 451 g/mol. The van der Waals surface area contributed by atoms with Crippen molar-refractivity contribution in [3.05, 3.63) is 99.3 Å². The lowest BCUT2D eigenvalue weighted by Crippen LogP contribution is -2.35. The second-order valence-corrected chi connectivity index (χ2v) is 7.91. The van der Waals surface area contributed by atoms with E-state index in [2.05, 4.69) is 4.98 Å². The molecule has 0 aliphatic heterocycles. The first-order chi connectivity index (χ1) is 15.8. The fourth-order valence-corrected chi connectivity index (χ4v) is 4.06. The summed E-state index contributed by atoms with van der Waals surface area (Å²) in [6.45, 7) is 3.59. The van der Waals surface area contributed by atoms with E-state index >= 15 is 0 Å². The van der Waals surface area contributed by atoms with Gasteiger partial charge in [-0.15, -0.1) is 0 Å². The minimum absolute atomic E-state index is 0.0825. The highest BCUT2D eigenvalue weighted by Gasteiger charge is 2.31. The fraction of sp³-hybridized carbons (Fsp3) is 0.240. The number of carbonyl (C=O) groups excluding carboxylic acids is 1. The zero-order valence-electron chi connectivity index (χ0n) is 18.5. The number of halogens is 2. The van der Waals surface area contributed by atoms with Gasteiger partial charge in [0.15, 0.2) is 0 Å². The molecule has 0 N–H and O–H groups in total. The Morgan fingerprint density at radius 2 is 1.88 bits per heavy atom. The summed E-state index contributed by atoms with van der Waals surface area (Å²) >= 11 is 0. The molecular formula is C25H23F2N3O3. The molecule has 0 saturated carbocycles. The van der Waals surface area contributed by atoms with Crippen molar-refractivity contribution in [1.29, 1.82) is 0 Å². The van der Waals surface area contributed by atoms with Crippen molar-refractivity contribution in [2.45, 2.75) is 32.9 Å². The van der Waals surface area contributed by atoms with E-state index in [0.29, 0.717) is 12.0 Å². The van der Waals surface area contributed by atoms with Crippen molar-refractivity contribution in [2.24, 2.45) is 7.05 Å². The average Bonchev–Trinajstić information content (AvgIpc) is 3.13. The lowest BCUT2D eigenvalue weighted by molar-refractivity contribution is 0.0652. The van der Waals surface area contributed by atoms with Crippen molar-refractivity contribution in [3.8, 4) is 0 Å². The molecule has 4 aromatic rings. The highest BCUT2D eigenvalue weighted by Crippen LogP contribution is 2.31. The second-order valence-electron chi connectivity index (χ2n) is 7.91. The van der Waals surface area contributed by atoms with E-state index in [1.54, 1.807) is 43.1 Å². The van der Waals surface area contributed by atoms with Crippen molar-refractivity contribution >= 4 is 17.0 Å². The first-order valence-electron chi connectivity index (χ1n) is 10.6. The minimum Gasteiger partial charge on any atom is -0.442 e. The van der Waals surface area contributed by atoms with E-state index in [9.17, 15) is 18.4 Å². The number of nitrogens with zero attached hydrogens (tertiary/aromatic N) is 3. The summed E-state index contributed by atoms with van der Waals surface area (Å²) in [6, 6.07) is 11.4. The van der Waals surface area contributed by atoms with Gasteiger partial charge in [-0.05, 0) is 48.7 Å². The summed E-state index contributed by atoms with van der Waals surface area (Å²) in [6.07, 6.45) is 1.84. The summed E-state index contributed by atoms with van der Waals surface area (Å²) in [5.74, 6) is -0.985. The van der Waals surface area contributed by atoms with Gasteiger partial charge >= 0.3 is 0 Å². The van der Waals surface area contributed by atoms with E-state index in [0.717, 1.165) is 5.56 Å². The van der Waals surface area contributed by atoms with Crippen LogP contribution in [0.25, 0.3) is 11.1 Å². The predicted molar refractivity (Wildman–Crippen MR) is 120 cm³/mol. The Bertz CT molecular complexity index is 1380. The van der Waals surface area contributed by atoms with Gasteiger partial charge in [0.25, 0.3) is 11.5 Å². The number of amides is 1. The Morgan fingerprint density at radius 1 is 1.15 bits per heavy atom. The molecule has 0 aliphatic rings. The number of furan rings is 1. The van der Waals surface area contributed by atoms with Gasteiger partial charge in [0, 0.05) is 13.6 Å². The Kier molecular flexibility index (Phi) is 6.09. The molecule has 2 aromatic heterocycles. The zero-order valence-corrected chi connectivity index (χ0v) is 18.5. The molecule has 2 heterocycles. The van der Waals surface area contributed by atoms with Gasteiger partial charge in [-0.25, -0.2) is 13.8 Å². The van der Waals surface area contributed by atoms with E-state index in [-0.39, 0.29) is 34.8 Å². The third kappa shape index (κ3) is 4.28. The van der Waals surface area contributed by atoms with Crippen LogP contribution in [0.15, 0.2) is 64.1 Å². The average molecular weight is 451 g/mol. The van der Waals surface area contributed by atoms with E-state index in [4.69, 9.17) is 4.42 Å². The van der Waals surface area contributed by atoms with Gasteiger partial charge in [0.2, 0.25) is 5.71 Å². The van der Waals surface area contributed by atoms with Gasteiger partial charge < -0.3 is 13.9 Å². The molecule has 0 saturated heterocycles. The van der Waals surface area contributed by atoms with E-state index in [1.165, 1.54) is 35.2 Å². The zero-order chi connectivity index (χ0) is 23.7. The van der Waals surface area contributed by atoms with Crippen LogP contribution in [-0.4, -0.2) is 20.4 Å². The molecule has 4 rings (SSSR count). The normalized spacial score (nSPS) is 12.2. The Balaban J connectivity index is 1.87. The molecule has 0 bridgehead atoms. The van der Waals surface area contributed by atoms with E-state index < -0.39 is 23.3 Å². The molecule has 2 aromatic carbocycles. The topological polar surface area (TPSA) is 68.3 Å². The number of hydrogen-bond donors (Lipinski definition) is 0. The number of hydrogen-bond acceptors (Lipinski definition) is 4. The number of carbonyl (C=O) groups is 1. The van der Waals surface area contributed by atoms with Crippen LogP contribution in [-0.2, 0) is 13.6 Å². The van der Waals surface area contributed by atoms with Crippen LogP contribution in [0.5, 0.6) is 0 Å². The number of rotatable bonds is 6. The standard InChI is InChI=1S/C25H23F2N3O3/c1-4-20(17-8-10-18(26)11-9-17)30(13-16-6-5-7-19(27)12-16)25(32)21-15(2)33-23-22(21)24(31)29(3)14-28-23/h5-12,14,20H,4,13H2,1-3H3. The van der Waals surface area contributed by atoms with Crippen molar-refractivity contribution in [1.82, 2.24) is 14.5 Å². The maximum atomic E-state index is 14.0. The summed E-state index contributed by atoms with van der Waals surface area (Å²) in [5.41, 5.74) is 1.11. The quantitative estimate of drug-likeness (QED) is 0.418. The van der Waals surface area contributed by atoms with Crippen LogP contribution in [0.3, 0.4) is 0 Å². The highest BCUT2D eigenvalue weighted by molar-refractivity contribution is 6.06. The smallest absolute Gasteiger partial charge is 0.265 e. The number of fused-ring (bicyclic) bond motifs is 1. The molecule has 0 aliphatic carbocycles. The predicted octanol–water partition coefficient (Wildman–Crippen LogP) is 4.91. The van der Waals surface area contributed by atoms with Crippen LogP contribution < -0.4 is 5.56 Å². The third-order valence-electron chi connectivity index (χ3n) is 5.68. The minimum atomic E-state index is -0.453. The SMILES string of the molecule is CCC(c1ccc(F)cc1)N(Cc1cccc(F)c1)C(=O)c1c(C)oc2ncn(C)c(=O)c12. The highest BCUT2D eigenvalue weighted by atomic mass is 19.1. The van der Waals surface area contributed by atoms with Gasteiger partial charge in [0.05, 0.1) is 11.6 Å². The number of benzene rings is 2. The molecule has 1 amide bonds. The summed E-state index contributed by atoms with van der Waals surface area (Å²) < 4.78 is 34.4. The van der Waals surface area contributed by atoms with Crippen LogP contribution in [0.2, 0.25) is 0 Å².